The van der Waals surface area contributed by atoms with Gasteiger partial charge in [-0.3, -0.25) is 14.4 Å². The second-order valence-corrected chi connectivity index (χ2v) is 7.49. The largest absolute Gasteiger partial charge is 0.351 e. The molecule has 0 saturated carbocycles. The molecule has 0 aromatic heterocycles. The summed E-state index contributed by atoms with van der Waals surface area (Å²) < 4.78 is 0. The number of amides is 3. The molecule has 0 bridgehead atoms. The van der Waals surface area contributed by atoms with E-state index in [4.69, 9.17) is 0 Å². The second-order valence-electron chi connectivity index (χ2n) is 7.49. The fraction of sp³-hybridized carbons (Fsp3) is 0.550. The van der Waals surface area contributed by atoms with E-state index >= 15 is 0 Å². The number of likely N-dealkylation sites (tertiary alicyclic amines) is 1. The highest BCUT2D eigenvalue weighted by molar-refractivity contribution is 6.39. The maximum Gasteiger partial charge on any atom is 0.313 e. The van der Waals surface area contributed by atoms with Crippen molar-refractivity contribution in [3.8, 4) is 0 Å². The molecule has 26 heavy (non-hydrogen) atoms. The number of hydrogen-bond donors (Lipinski definition) is 2. The number of benzene rings is 1. The number of carbonyl (C=O) groups is 3. The summed E-state index contributed by atoms with van der Waals surface area (Å²) in [7, 11) is 0. The van der Waals surface area contributed by atoms with E-state index in [9.17, 15) is 14.4 Å². The first-order valence-electron chi connectivity index (χ1n) is 9.28. The van der Waals surface area contributed by atoms with E-state index in [-0.39, 0.29) is 17.9 Å². The van der Waals surface area contributed by atoms with Gasteiger partial charge in [0.05, 0.1) is 0 Å². The van der Waals surface area contributed by atoms with E-state index in [0.717, 1.165) is 18.4 Å². The number of carbonyl (C=O) groups excluding carboxylic acids is 3. The van der Waals surface area contributed by atoms with Crippen LogP contribution in [0.1, 0.15) is 52.0 Å². The van der Waals surface area contributed by atoms with Crippen LogP contribution in [0.5, 0.6) is 0 Å². The Balaban J connectivity index is 1.96. The monoisotopic (exact) mass is 359 g/mol. The van der Waals surface area contributed by atoms with Gasteiger partial charge in [-0.1, -0.05) is 39.8 Å². The molecule has 1 aliphatic rings. The summed E-state index contributed by atoms with van der Waals surface area (Å²) in [6, 6.07) is 7.43. The van der Waals surface area contributed by atoms with Gasteiger partial charge in [0.15, 0.2) is 0 Å². The SMILES string of the molecule is CC(C)C(=O)NC1CCCN(C(=O)C(=O)Nc2cccc(C(C)C)c2)C1. The molecule has 6 nitrogen and oxygen atoms in total. The number of anilines is 1. The van der Waals surface area contributed by atoms with Crippen molar-refractivity contribution in [2.45, 2.75) is 52.5 Å². The van der Waals surface area contributed by atoms with Gasteiger partial charge in [-0.2, -0.15) is 0 Å². The van der Waals surface area contributed by atoms with Crippen LogP contribution in [0.4, 0.5) is 5.69 Å². The zero-order chi connectivity index (χ0) is 19.3. The molecule has 3 amide bonds. The highest BCUT2D eigenvalue weighted by Crippen LogP contribution is 2.19. The lowest BCUT2D eigenvalue weighted by molar-refractivity contribution is -0.144. The number of hydrogen-bond acceptors (Lipinski definition) is 3. The second kappa shape index (κ2) is 8.83. The normalized spacial score (nSPS) is 17.3. The zero-order valence-corrected chi connectivity index (χ0v) is 16.0. The van der Waals surface area contributed by atoms with Crippen LogP contribution < -0.4 is 10.6 Å². The topological polar surface area (TPSA) is 78.5 Å². The molecule has 1 aromatic rings. The van der Waals surface area contributed by atoms with Crippen molar-refractivity contribution in [3.63, 3.8) is 0 Å². The van der Waals surface area contributed by atoms with E-state index < -0.39 is 11.8 Å². The first-order valence-corrected chi connectivity index (χ1v) is 9.28. The predicted octanol–water partition coefficient (Wildman–Crippen LogP) is 2.51. The van der Waals surface area contributed by atoms with Crippen molar-refractivity contribution < 1.29 is 14.4 Å². The first kappa shape index (κ1) is 19.9. The van der Waals surface area contributed by atoms with E-state index in [1.54, 1.807) is 6.07 Å². The molecule has 2 N–H and O–H groups in total. The Hall–Kier alpha value is -2.37. The van der Waals surface area contributed by atoms with E-state index in [2.05, 4.69) is 24.5 Å². The van der Waals surface area contributed by atoms with Crippen LogP contribution in [-0.2, 0) is 14.4 Å². The van der Waals surface area contributed by atoms with Crippen LogP contribution in [0.25, 0.3) is 0 Å². The maximum atomic E-state index is 12.5. The Morgan fingerprint density at radius 3 is 2.54 bits per heavy atom. The third-order valence-corrected chi connectivity index (χ3v) is 4.58. The van der Waals surface area contributed by atoms with Crippen molar-refractivity contribution in [3.05, 3.63) is 29.8 Å². The molecule has 1 fully saturated rings. The summed E-state index contributed by atoms with van der Waals surface area (Å²) in [5.74, 6) is -0.975. The summed E-state index contributed by atoms with van der Waals surface area (Å²) in [4.78, 5) is 38.2. The highest BCUT2D eigenvalue weighted by atomic mass is 16.2. The molecule has 0 aliphatic carbocycles. The average Bonchev–Trinajstić information content (AvgIpc) is 2.61. The van der Waals surface area contributed by atoms with Gasteiger partial charge >= 0.3 is 11.8 Å². The van der Waals surface area contributed by atoms with E-state index in [1.807, 2.05) is 32.0 Å². The Bertz CT molecular complexity index is 670. The Morgan fingerprint density at radius 2 is 1.88 bits per heavy atom. The molecular formula is C20H29N3O3. The lowest BCUT2D eigenvalue weighted by atomic mass is 10.0. The van der Waals surface area contributed by atoms with E-state index in [0.29, 0.717) is 24.7 Å². The molecule has 1 aromatic carbocycles. The fourth-order valence-electron chi connectivity index (χ4n) is 2.95. The van der Waals surface area contributed by atoms with Crippen LogP contribution in [0.3, 0.4) is 0 Å². The zero-order valence-electron chi connectivity index (χ0n) is 16.0. The van der Waals surface area contributed by atoms with Crippen molar-refractivity contribution in [2.75, 3.05) is 18.4 Å². The van der Waals surface area contributed by atoms with Gasteiger partial charge in [-0.15, -0.1) is 0 Å². The molecule has 142 valence electrons. The average molecular weight is 359 g/mol. The highest BCUT2D eigenvalue weighted by Gasteiger charge is 2.29. The smallest absolute Gasteiger partial charge is 0.313 e. The first-order chi connectivity index (χ1) is 12.3. The third kappa shape index (κ3) is 5.31. The van der Waals surface area contributed by atoms with Crippen LogP contribution in [0.2, 0.25) is 0 Å². The molecule has 6 heteroatoms. The molecule has 1 saturated heterocycles. The Kier molecular flexibility index (Phi) is 6.77. The molecular weight excluding hydrogens is 330 g/mol. The van der Waals surface area contributed by atoms with Crippen LogP contribution in [0.15, 0.2) is 24.3 Å². The van der Waals surface area contributed by atoms with Gasteiger partial charge in [0, 0.05) is 30.7 Å². The summed E-state index contributed by atoms with van der Waals surface area (Å²) >= 11 is 0. The standard InChI is InChI=1S/C20H29N3O3/c1-13(2)15-7-5-8-16(11-15)21-19(25)20(26)23-10-6-9-17(12-23)22-18(24)14(3)4/h5,7-8,11,13-14,17H,6,9-10,12H2,1-4H3,(H,21,25)(H,22,24). The summed E-state index contributed by atoms with van der Waals surface area (Å²) in [6.45, 7) is 8.72. The third-order valence-electron chi connectivity index (χ3n) is 4.58. The van der Waals surface area contributed by atoms with Crippen molar-refractivity contribution in [2.24, 2.45) is 5.92 Å². The minimum atomic E-state index is -0.637. The van der Waals surface area contributed by atoms with Crippen molar-refractivity contribution >= 4 is 23.4 Å². The minimum Gasteiger partial charge on any atom is -0.351 e. The van der Waals surface area contributed by atoms with Gasteiger partial charge < -0.3 is 15.5 Å². The molecule has 0 radical (unpaired) electrons. The number of nitrogens with zero attached hydrogens (tertiary/aromatic N) is 1. The molecule has 1 unspecified atom stereocenters. The Labute approximate surface area is 155 Å². The van der Waals surface area contributed by atoms with Gasteiger partial charge in [-0.05, 0) is 36.5 Å². The van der Waals surface area contributed by atoms with Gasteiger partial charge in [0.1, 0.15) is 0 Å². The van der Waals surface area contributed by atoms with Crippen LogP contribution in [-0.4, -0.2) is 41.8 Å². The quantitative estimate of drug-likeness (QED) is 0.811. The number of piperidine rings is 1. The fourth-order valence-corrected chi connectivity index (χ4v) is 2.95. The van der Waals surface area contributed by atoms with Gasteiger partial charge in [0.25, 0.3) is 0 Å². The lowest BCUT2D eigenvalue weighted by Crippen LogP contribution is -2.52. The summed E-state index contributed by atoms with van der Waals surface area (Å²) in [6.07, 6.45) is 1.59. The lowest BCUT2D eigenvalue weighted by Gasteiger charge is -2.33. The predicted molar refractivity (Wildman–Crippen MR) is 102 cm³/mol. The molecule has 0 spiro atoms. The number of nitrogens with one attached hydrogen (secondary N) is 2. The van der Waals surface area contributed by atoms with Crippen molar-refractivity contribution in [1.82, 2.24) is 10.2 Å². The van der Waals surface area contributed by atoms with Gasteiger partial charge in [-0.25, -0.2) is 0 Å². The van der Waals surface area contributed by atoms with Crippen molar-refractivity contribution in [1.29, 1.82) is 0 Å². The summed E-state index contributed by atoms with van der Waals surface area (Å²) in [5.41, 5.74) is 1.72. The minimum absolute atomic E-state index is 0.0285. The van der Waals surface area contributed by atoms with E-state index in [1.165, 1.54) is 4.90 Å². The molecule has 1 atom stereocenters. The van der Waals surface area contributed by atoms with Crippen LogP contribution >= 0.6 is 0 Å². The molecule has 1 heterocycles. The number of rotatable bonds is 4. The van der Waals surface area contributed by atoms with Gasteiger partial charge in [0.2, 0.25) is 5.91 Å². The Morgan fingerprint density at radius 1 is 1.15 bits per heavy atom. The molecule has 1 aliphatic heterocycles. The maximum absolute atomic E-state index is 12.5. The van der Waals surface area contributed by atoms with Crippen LogP contribution in [0, 0.1) is 5.92 Å². The summed E-state index contributed by atoms with van der Waals surface area (Å²) in [5, 5.41) is 5.64. The molecule has 2 rings (SSSR count).